The Bertz CT molecular complexity index is 1110. The van der Waals surface area contributed by atoms with Crippen LogP contribution in [0.1, 0.15) is 29.4 Å². The number of nitrogens with zero attached hydrogens (tertiary/aromatic N) is 2. The van der Waals surface area contributed by atoms with Crippen molar-refractivity contribution in [2.75, 3.05) is 28.7 Å². The minimum atomic E-state index is -3.02. The fourth-order valence-corrected chi connectivity index (χ4v) is 5.50. The van der Waals surface area contributed by atoms with Gasteiger partial charge in [0.15, 0.2) is 16.4 Å². The van der Waals surface area contributed by atoms with Crippen LogP contribution in [0.2, 0.25) is 0 Å². The third-order valence-electron chi connectivity index (χ3n) is 5.26. The SMILES string of the molecule is Cc1nn(C2CCS(=O)(=O)C2)c(C)c1CC(=O)Nc1ccc2c(c1)NC(=O)CO2. The van der Waals surface area contributed by atoms with E-state index in [0.29, 0.717) is 29.2 Å². The summed E-state index contributed by atoms with van der Waals surface area (Å²) in [5.41, 5.74) is 3.38. The number of rotatable bonds is 4. The molecule has 0 radical (unpaired) electrons. The van der Waals surface area contributed by atoms with Crippen LogP contribution < -0.4 is 15.4 Å². The highest BCUT2D eigenvalue weighted by atomic mass is 32.2. The van der Waals surface area contributed by atoms with E-state index in [2.05, 4.69) is 15.7 Å². The molecule has 2 aliphatic heterocycles. The molecule has 1 aromatic heterocycles. The van der Waals surface area contributed by atoms with E-state index in [-0.39, 0.29) is 42.4 Å². The van der Waals surface area contributed by atoms with Gasteiger partial charge in [-0.25, -0.2) is 8.42 Å². The topological polar surface area (TPSA) is 119 Å². The van der Waals surface area contributed by atoms with Gasteiger partial charge in [-0.15, -0.1) is 0 Å². The van der Waals surface area contributed by atoms with Crippen molar-refractivity contribution in [2.24, 2.45) is 0 Å². The lowest BCUT2D eigenvalue weighted by atomic mass is 10.1. The number of carbonyl (C=O) groups is 2. The largest absolute Gasteiger partial charge is 0.482 e. The van der Waals surface area contributed by atoms with E-state index in [4.69, 9.17) is 4.74 Å². The lowest BCUT2D eigenvalue weighted by Gasteiger charge is -2.18. The molecule has 9 nitrogen and oxygen atoms in total. The molecule has 154 valence electrons. The number of ether oxygens (including phenoxy) is 1. The summed E-state index contributed by atoms with van der Waals surface area (Å²) in [6.45, 7) is 3.66. The van der Waals surface area contributed by atoms with Crippen LogP contribution in [0, 0.1) is 13.8 Å². The molecule has 1 atom stereocenters. The third kappa shape index (κ3) is 3.98. The Hall–Kier alpha value is -2.88. The van der Waals surface area contributed by atoms with E-state index >= 15 is 0 Å². The second-order valence-corrected chi connectivity index (χ2v) is 9.65. The summed E-state index contributed by atoms with van der Waals surface area (Å²) in [5, 5.41) is 10.0. The second-order valence-electron chi connectivity index (χ2n) is 7.42. The van der Waals surface area contributed by atoms with E-state index in [0.717, 1.165) is 11.3 Å². The number of anilines is 2. The van der Waals surface area contributed by atoms with Crippen LogP contribution >= 0.6 is 0 Å². The van der Waals surface area contributed by atoms with Crippen LogP contribution in [-0.2, 0) is 25.8 Å². The maximum Gasteiger partial charge on any atom is 0.262 e. The van der Waals surface area contributed by atoms with Gasteiger partial charge in [-0.05, 0) is 38.5 Å². The molecule has 2 aliphatic rings. The number of hydrogen-bond donors (Lipinski definition) is 2. The van der Waals surface area contributed by atoms with Crippen molar-refractivity contribution >= 4 is 33.0 Å². The summed E-state index contributed by atoms with van der Waals surface area (Å²) in [5.74, 6) is 0.349. The Morgan fingerprint density at radius 3 is 2.90 bits per heavy atom. The molecular formula is C19H22N4O5S. The Balaban J connectivity index is 1.48. The van der Waals surface area contributed by atoms with Crippen LogP contribution in [0.3, 0.4) is 0 Å². The van der Waals surface area contributed by atoms with Gasteiger partial charge in [-0.3, -0.25) is 14.3 Å². The highest BCUT2D eigenvalue weighted by Crippen LogP contribution is 2.31. The summed E-state index contributed by atoms with van der Waals surface area (Å²) in [7, 11) is -3.02. The van der Waals surface area contributed by atoms with E-state index in [1.54, 1.807) is 22.9 Å². The number of aromatic nitrogens is 2. The average Bonchev–Trinajstić information content (AvgIpc) is 3.15. The van der Waals surface area contributed by atoms with Gasteiger partial charge in [0, 0.05) is 16.9 Å². The quantitative estimate of drug-likeness (QED) is 0.774. The highest BCUT2D eigenvalue weighted by molar-refractivity contribution is 7.91. The van der Waals surface area contributed by atoms with Crippen molar-refractivity contribution in [1.29, 1.82) is 0 Å². The molecule has 1 saturated heterocycles. The number of nitrogens with one attached hydrogen (secondary N) is 2. The van der Waals surface area contributed by atoms with Crippen molar-refractivity contribution < 1.29 is 22.7 Å². The fourth-order valence-electron chi connectivity index (χ4n) is 3.80. The van der Waals surface area contributed by atoms with Crippen LogP contribution in [0.4, 0.5) is 11.4 Å². The Morgan fingerprint density at radius 2 is 2.17 bits per heavy atom. The van der Waals surface area contributed by atoms with Gasteiger partial charge in [0.25, 0.3) is 5.91 Å². The molecule has 1 fully saturated rings. The molecule has 0 spiro atoms. The number of amides is 2. The molecule has 3 heterocycles. The maximum atomic E-state index is 12.6. The smallest absolute Gasteiger partial charge is 0.262 e. The Labute approximate surface area is 168 Å². The molecule has 0 bridgehead atoms. The number of carbonyl (C=O) groups excluding carboxylic acids is 2. The van der Waals surface area contributed by atoms with Gasteiger partial charge in [-0.2, -0.15) is 5.10 Å². The number of sulfone groups is 1. The first-order chi connectivity index (χ1) is 13.7. The van der Waals surface area contributed by atoms with E-state index in [1.165, 1.54) is 0 Å². The molecule has 0 saturated carbocycles. The molecule has 2 N–H and O–H groups in total. The molecule has 0 aliphatic carbocycles. The highest BCUT2D eigenvalue weighted by Gasteiger charge is 2.31. The summed E-state index contributed by atoms with van der Waals surface area (Å²) in [4.78, 5) is 24.0. The molecule has 1 unspecified atom stereocenters. The number of aryl methyl sites for hydroxylation is 1. The molecule has 1 aromatic carbocycles. The third-order valence-corrected chi connectivity index (χ3v) is 7.01. The van der Waals surface area contributed by atoms with Crippen molar-refractivity contribution in [3.05, 3.63) is 35.2 Å². The minimum absolute atomic E-state index is 0.0243. The normalized spacial score (nSPS) is 19.9. The van der Waals surface area contributed by atoms with Gasteiger partial charge < -0.3 is 15.4 Å². The summed E-state index contributed by atoms with van der Waals surface area (Å²) in [6, 6.07) is 4.87. The zero-order valence-corrected chi connectivity index (χ0v) is 17.0. The fraction of sp³-hybridized carbons (Fsp3) is 0.421. The molecule has 2 amide bonds. The van der Waals surface area contributed by atoms with E-state index < -0.39 is 9.84 Å². The lowest BCUT2D eigenvalue weighted by molar-refractivity contribution is -0.118. The molecule has 10 heteroatoms. The average molecular weight is 418 g/mol. The van der Waals surface area contributed by atoms with Gasteiger partial charge >= 0.3 is 0 Å². The van der Waals surface area contributed by atoms with Crippen LogP contribution in [-0.4, -0.2) is 48.1 Å². The first-order valence-corrected chi connectivity index (χ1v) is 11.2. The van der Waals surface area contributed by atoms with Crippen LogP contribution in [0.5, 0.6) is 5.75 Å². The number of hydrogen-bond acceptors (Lipinski definition) is 6. The van der Waals surface area contributed by atoms with Gasteiger partial charge in [0.05, 0.1) is 35.3 Å². The second kappa shape index (κ2) is 7.18. The monoisotopic (exact) mass is 418 g/mol. The number of fused-ring (bicyclic) bond motifs is 1. The zero-order chi connectivity index (χ0) is 20.8. The molecule has 2 aromatic rings. The van der Waals surface area contributed by atoms with Crippen molar-refractivity contribution in [3.8, 4) is 5.75 Å². The predicted octanol–water partition coefficient (Wildman–Crippen LogP) is 1.37. The summed E-state index contributed by atoms with van der Waals surface area (Å²) >= 11 is 0. The summed E-state index contributed by atoms with van der Waals surface area (Å²) < 4.78 is 30.6. The Kier molecular flexibility index (Phi) is 4.81. The molecule has 4 rings (SSSR count). The molecular weight excluding hydrogens is 396 g/mol. The minimum Gasteiger partial charge on any atom is -0.482 e. The van der Waals surface area contributed by atoms with Gasteiger partial charge in [0.2, 0.25) is 5.91 Å². The van der Waals surface area contributed by atoms with Gasteiger partial charge in [-0.1, -0.05) is 0 Å². The van der Waals surface area contributed by atoms with E-state index in [9.17, 15) is 18.0 Å². The van der Waals surface area contributed by atoms with Crippen LogP contribution in [0.25, 0.3) is 0 Å². The van der Waals surface area contributed by atoms with Crippen LogP contribution in [0.15, 0.2) is 18.2 Å². The zero-order valence-electron chi connectivity index (χ0n) is 16.2. The van der Waals surface area contributed by atoms with Crippen molar-refractivity contribution in [2.45, 2.75) is 32.7 Å². The van der Waals surface area contributed by atoms with Crippen molar-refractivity contribution in [1.82, 2.24) is 9.78 Å². The summed E-state index contributed by atoms with van der Waals surface area (Å²) in [6.07, 6.45) is 0.663. The Morgan fingerprint density at radius 1 is 1.38 bits per heavy atom. The standard InChI is InChI=1S/C19H22N4O5S/c1-11-15(12(2)23(22-11)14-5-6-29(26,27)10-14)8-18(24)20-13-3-4-17-16(7-13)21-19(25)9-28-17/h3-4,7,14H,5-6,8-10H2,1-2H3,(H,20,24)(H,21,25). The molecule has 29 heavy (non-hydrogen) atoms. The van der Waals surface area contributed by atoms with Crippen molar-refractivity contribution in [3.63, 3.8) is 0 Å². The lowest BCUT2D eigenvalue weighted by Crippen LogP contribution is -2.25. The predicted molar refractivity (Wildman–Crippen MR) is 107 cm³/mol. The number of benzene rings is 1. The first-order valence-electron chi connectivity index (χ1n) is 9.33. The maximum absolute atomic E-state index is 12.6. The van der Waals surface area contributed by atoms with E-state index in [1.807, 2.05) is 13.8 Å². The first kappa shape index (κ1) is 19.4. The van der Waals surface area contributed by atoms with Gasteiger partial charge in [0.1, 0.15) is 5.75 Å².